The largest absolute Gasteiger partial charge is 0.466 e. The molecule has 2 heteroatoms. The van der Waals surface area contributed by atoms with Gasteiger partial charge in [-0.25, -0.2) is 0 Å². The number of ether oxygens (including phenoxy) is 1. The molecule has 3 fully saturated rings. The summed E-state index contributed by atoms with van der Waals surface area (Å²) in [6.45, 7) is 2.45. The molecule has 4 rings (SSSR count). The first kappa shape index (κ1) is 10.2. The lowest BCUT2D eigenvalue weighted by molar-refractivity contribution is -0.160. The molecule has 92 valence electrons. The topological polar surface area (TPSA) is 26.3 Å². The van der Waals surface area contributed by atoms with Gasteiger partial charge in [-0.15, -0.1) is 0 Å². The molecule has 0 saturated heterocycles. The van der Waals surface area contributed by atoms with Crippen molar-refractivity contribution in [1.29, 1.82) is 0 Å². The van der Waals surface area contributed by atoms with Gasteiger partial charge in [-0.1, -0.05) is 12.2 Å². The van der Waals surface area contributed by atoms with E-state index in [1.54, 1.807) is 0 Å². The predicted octanol–water partition coefficient (Wildman–Crippen LogP) is 2.79. The van der Waals surface area contributed by atoms with Crippen molar-refractivity contribution < 1.29 is 9.53 Å². The lowest BCUT2D eigenvalue weighted by Gasteiger charge is -2.60. The van der Waals surface area contributed by atoms with Crippen molar-refractivity contribution in [3.8, 4) is 0 Å². The Morgan fingerprint density at radius 2 is 2.35 bits per heavy atom. The van der Waals surface area contributed by atoms with E-state index in [-0.39, 0.29) is 11.9 Å². The Kier molecular flexibility index (Phi) is 1.88. The molecular formula is C15H20O2. The molecule has 4 aliphatic rings. The summed E-state index contributed by atoms with van der Waals surface area (Å²) in [6, 6.07) is 0. The minimum absolute atomic E-state index is 0.0887. The van der Waals surface area contributed by atoms with Crippen LogP contribution < -0.4 is 0 Å². The second-order valence-corrected chi connectivity index (χ2v) is 6.46. The van der Waals surface area contributed by atoms with Crippen LogP contribution in [0.4, 0.5) is 0 Å². The zero-order chi connectivity index (χ0) is 11.6. The fraction of sp³-hybridized carbons (Fsp3) is 0.800. The van der Waals surface area contributed by atoms with E-state index in [4.69, 9.17) is 4.74 Å². The minimum Gasteiger partial charge on any atom is -0.466 e. The normalized spacial score (nSPS) is 53.1. The van der Waals surface area contributed by atoms with Gasteiger partial charge in [-0.3, -0.25) is 4.79 Å². The van der Waals surface area contributed by atoms with Gasteiger partial charge < -0.3 is 4.74 Å². The van der Waals surface area contributed by atoms with Crippen molar-refractivity contribution >= 4 is 5.97 Å². The zero-order valence-corrected chi connectivity index (χ0v) is 10.4. The first-order valence-electron chi connectivity index (χ1n) is 7.09. The van der Waals surface area contributed by atoms with Crippen LogP contribution in [0.15, 0.2) is 12.2 Å². The molecule has 0 aromatic rings. The van der Waals surface area contributed by atoms with Crippen molar-refractivity contribution in [2.45, 2.75) is 32.6 Å². The summed E-state index contributed by atoms with van der Waals surface area (Å²) in [7, 11) is 0. The van der Waals surface area contributed by atoms with Crippen LogP contribution in [0.5, 0.6) is 0 Å². The van der Waals surface area contributed by atoms with Crippen molar-refractivity contribution in [3.05, 3.63) is 12.2 Å². The maximum Gasteiger partial charge on any atom is 0.309 e. The number of carbonyl (C=O) groups excluding carboxylic acids is 1. The van der Waals surface area contributed by atoms with Crippen molar-refractivity contribution in [2.24, 2.45) is 35.0 Å². The summed E-state index contributed by atoms with van der Waals surface area (Å²) in [5.41, 5.74) is 0.514. The van der Waals surface area contributed by atoms with E-state index in [9.17, 15) is 4.79 Å². The van der Waals surface area contributed by atoms with E-state index in [0.29, 0.717) is 17.9 Å². The first-order valence-corrected chi connectivity index (χ1v) is 7.09. The van der Waals surface area contributed by atoms with Crippen LogP contribution in [0.3, 0.4) is 0 Å². The van der Waals surface area contributed by atoms with Gasteiger partial charge in [0.25, 0.3) is 0 Å². The van der Waals surface area contributed by atoms with Crippen LogP contribution in [0.25, 0.3) is 0 Å². The second-order valence-electron chi connectivity index (χ2n) is 6.46. The average molecular weight is 232 g/mol. The number of hydrogen-bond acceptors (Lipinski definition) is 2. The summed E-state index contributed by atoms with van der Waals surface area (Å²) in [4.78, 5) is 12.0. The molecule has 0 aromatic heterocycles. The molecule has 17 heavy (non-hydrogen) atoms. The molecular weight excluding hydrogens is 212 g/mol. The molecule has 1 spiro atoms. The molecule has 0 N–H and O–H groups in total. The maximum absolute atomic E-state index is 12.0. The van der Waals surface area contributed by atoms with Crippen LogP contribution in [-0.4, -0.2) is 12.6 Å². The standard InChI is InChI=1S/C15H20O2/c1-2-17-14(16)11-6-10-7-12(11)15-5-3-4-9(8-15)13(10)15/h3-4,9-13H,2,5-8H2,1H3. The predicted molar refractivity (Wildman–Crippen MR) is 64.1 cm³/mol. The SMILES string of the molecule is CCOC(=O)C1CC2CC1C13CC=CC(C1)C23. The third kappa shape index (κ3) is 1.05. The molecule has 2 nitrogen and oxygen atoms in total. The Hall–Kier alpha value is -0.790. The highest BCUT2D eigenvalue weighted by Gasteiger charge is 2.70. The molecule has 3 saturated carbocycles. The summed E-state index contributed by atoms with van der Waals surface area (Å²) in [5.74, 6) is 3.54. The smallest absolute Gasteiger partial charge is 0.309 e. The third-order valence-electron chi connectivity index (χ3n) is 6.06. The molecule has 0 amide bonds. The Bertz CT molecular complexity index is 400. The third-order valence-corrected chi connectivity index (χ3v) is 6.06. The van der Waals surface area contributed by atoms with Gasteiger partial charge in [0.1, 0.15) is 0 Å². The number of allylic oxidation sites excluding steroid dienone is 2. The molecule has 0 aliphatic heterocycles. The number of fused-ring (bicyclic) bond motifs is 5. The molecule has 0 heterocycles. The Balaban J connectivity index is 1.62. The highest BCUT2D eigenvalue weighted by atomic mass is 16.5. The highest BCUT2D eigenvalue weighted by molar-refractivity contribution is 5.74. The van der Waals surface area contributed by atoms with Crippen molar-refractivity contribution in [3.63, 3.8) is 0 Å². The summed E-state index contributed by atoms with van der Waals surface area (Å²) in [5, 5.41) is 0. The number of esters is 1. The van der Waals surface area contributed by atoms with E-state index in [0.717, 1.165) is 24.2 Å². The van der Waals surface area contributed by atoms with E-state index in [1.807, 2.05) is 6.92 Å². The van der Waals surface area contributed by atoms with Gasteiger partial charge >= 0.3 is 5.97 Å². The summed E-state index contributed by atoms with van der Waals surface area (Å²) in [6.07, 6.45) is 9.79. The van der Waals surface area contributed by atoms with Gasteiger partial charge in [0, 0.05) is 0 Å². The number of hydrogen-bond donors (Lipinski definition) is 0. The van der Waals surface area contributed by atoms with Crippen LogP contribution in [0, 0.1) is 35.0 Å². The Morgan fingerprint density at radius 3 is 3.12 bits per heavy atom. The fourth-order valence-corrected chi connectivity index (χ4v) is 5.72. The van der Waals surface area contributed by atoms with Gasteiger partial charge in [-0.2, -0.15) is 0 Å². The van der Waals surface area contributed by atoms with E-state index in [1.165, 1.54) is 19.3 Å². The van der Waals surface area contributed by atoms with Crippen LogP contribution in [0.2, 0.25) is 0 Å². The quantitative estimate of drug-likeness (QED) is 0.540. The molecule has 4 bridgehead atoms. The van der Waals surface area contributed by atoms with E-state index < -0.39 is 0 Å². The number of rotatable bonds is 2. The molecule has 6 atom stereocenters. The molecule has 0 aromatic carbocycles. The monoisotopic (exact) mass is 232 g/mol. The van der Waals surface area contributed by atoms with Crippen molar-refractivity contribution in [1.82, 2.24) is 0 Å². The Labute approximate surface area is 102 Å². The van der Waals surface area contributed by atoms with Crippen LogP contribution >= 0.6 is 0 Å². The van der Waals surface area contributed by atoms with Gasteiger partial charge in [-0.05, 0) is 61.7 Å². The van der Waals surface area contributed by atoms with Crippen LogP contribution in [0.1, 0.15) is 32.6 Å². The van der Waals surface area contributed by atoms with Gasteiger partial charge in [0.2, 0.25) is 0 Å². The number of carbonyl (C=O) groups is 1. The highest BCUT2D eigenvalue weighted by Crippen LogP contribution is 2.75. The first-order chi connectivity index (χ1) is 8.26. The zero-order valence-electron chi connectivity index (χ0n) is 10.4. The van der Waals surface area contributed by atoms with Crippen LogP contribution in [-0.2, 0) is 9.53 Å². The van der Waals surface area contributed by atoms with E-state index in [2.05, 4.69) is 12.2 Å². The lowest BCUT2D eigenvalue weighted by Crippen LogP contribution is -2.55. The summed E-state index contributed by atoms with van der Waals surface area (Å²) < 4.78 is 5.26. The lowest BCUT2D eigenvalue weighted by atomic mass is 9.43. The Morgan fingerprint density at radius 1 is 1.47 bits per heavy atom. The van der Waals surface area contributed by atoms with Gasteiger partial charge in [0.05, 0.1) is 12.5 Å². The van der Waals surface area contributed by atoms with Gasteiger partial charge in [0.15, 0.2) is 0 Å². The average Bonchev–Trinajstić information content (AvgIpc) is 2.83. The van der Waals surface area contributed by atoms with E-state index >= 15 is 0 Å². The van der Waals surface area contributed by atoms with Crippen molar-refractivity contribution in [2.75, 3.05) is 6.61 Å². The molecule has 0 radical (unpaired) electrons. The maximum atomic E-state index is 12.0. The minimum atomic E-state index is 0.0887. The second kappa shape index (κ2) is 3.15. The molecule has 6 unspecified atom stereocenters. The molecule has 4 aliphatic carbocycles. The summed E-state index contributed by atoms with van der Waals surface area (Å²) >= 11 is 0. The fourth-order valence-electron chi connectivity index (χ4n) is 5.72.